The molecule has 2 aromatic carbocycles. The molecule has 0 aliphatic heterocycles. The molecule has 6 nitrogen and oxygen atoms in total. The summed E-state index contributed by atoms with van der Waals surface area (Å²) < 4.78 is 5.11. The molecular formula is C22H28N3O3+. The van der Waals surface area contributed by atoms with Crippen molar-refractivity contribution in [1.82, 2.24) is 0 Å². The van der Waals surface area contributed by atoms with Gasteiger partial charge in [-0.25, -0.2) is 0 Å². The molecule has 2 amide bonds. The van der Waals surface area contributed by atoms with Crippen LogP contribution in [0.4, 0.5) is 11.4 Å². The Balaban J connectivity index is 1.49. The lowest BCUT2D eigenvalue weighted by molar-refractivity contribution is -0.881. The number of methoxy groups -OCH3 is 1. The molecule has 0 aromatic heterocycles. The summed E-state index contributed by atoms with van der Waals surface area (Å²) in [5, 5.41) is 5.83. The van der Waals surface area contributed by atoms with Crippen molar-refractivity contribution in [2.45, 2.75) is 26.2 Å². The van der Waals surface area contributed by atoms with Crippen molar-refractivity contribution in [3.05, 3.63) is 53.6 Å². The average molecular weight is 382 g/mol. The highest BCUT2D eigenvalue weighted by Gasteiger charge is 2.18. The summed E-state index contributed by atoms with van der Waals surface area (Å²) in [7, 11) is 1.60. The van der Waals surface area contributed by atoms with Crippen LogP contribution in [0.2, 0.25) is 0 Å². The summed E-state index contributed by atoms with van der Waals surface area (Å²) in [6, 6.07) is 13.3. The molecule has 28 heavy (non-hydrogen) atoms. The van der Waals surface area contributed by atoms with Crippen molar-refractivity contribution in [1.29, 1.82) is 0 Å². The molecule has 1 atom stereocenters. The van der Waals surface area contributed by atoms with Crippen LogP contribution in [0.15, 0.2) is 42.5 Å². The zero-order valence-electron chi connectivity index (χ0n) is 16.5. The summed E-state index contributed by atoms with van der Waals surface area (Å²) in [5.74, 6) is 0.543. The van der Waals surface area contributed by atoms with Crippen LogP contribution in [0.5, 0.6) is 5.75 Å². The third kappa shape index (κ3) is 5.33. The average Bonchev–Trinajstić information content (AvgIpc) is 3.15. The van der Waals surface area contributed by atoms with Gasteiger partial charge in [0.05, 0.1) is 13.7 Å². The molecule has 1 unspecified atom stereocenters. The van der Waals surface area contributed by atoms with Gasteiger partial charge >= 0.3 is 0 Å². The first-order valence-electron chi connectivity index (χ1n) is 9.76. The molecule has 2 aromatic rings. The van der Waals surface area contributed by atoms with Crippen molar-refractivity contribution < 1.29 is 19.2 Å². The lowest BCUT2D eigenvalue weighted by atomic mass is 10.1. The number of hydrogen-bond acceptors (Lipinski definition) is 3. The van der Waals surface area contributed by atoms with E-state index in [2.05, 4.69) is 22.8 Å². The number of rotatable bonds is 8. The molecule has 6 heteroatoms. The summed E-state index contributed by atoms with van der Waals surface area (Å²) in [5.41, 5.74) is 4.26. The van der Waals surface area contributed by atoms with Crippen molar-refractivity contribution in [2.24, 2.45) is 0 Å². The quantitative estimate of drug-likeness (QED) is 0.650. The molecule has 0 fully saturated rings. The van der Waals surface area contributed by atoms with E-state index in [1.165, 1.54) is 17.5 Å². The van der Waals surface area contributed by atoms with E-state index in [1.807, 2.05) is 13.0 Å². The van der Waals surface area contributed by atoms with E-state index < -0.39 is 0 Å². The van der Waals surface area contributed by atoms with Gasteiger partial charge < -0.3 is 20.3 Å². The summed E-state index contributed by atoms with van der Waals surface area (Å²) in [6.45, 7) is 3.15. The second-order valence-corrected chi connectivity index (χ2v) is 7.12. The second-order valence-electron chi connectivity index (χ2n) is 7.12. The van der Waals surface area contributed by atoms with Gasteiger partial charge in [0.15, 0.2) is 13.1 Å². The van der Waals surface area contributed by atoms with E-state index in [4.69, 9.17) is 4.74 Å². The predicted octanol–water partition coefficient (Wildman–Crippen LogP) is 1.67. The standard InChI is InChI=1S/C22H27N3O3/c1-3-25(14-21(26)23-18-9-11-20(28-2)12-10-18)15-22(27)24-19-8-7-16-5-4-6-17(16)13-19/h7-13H,3-6,14-15H2,1-2H3,(H,23,26)(H,24,27)/p+1. The molecule has 0 spiro atoms. The Morgan fingerprint density at radius 3 is 2.18 bits per heavy atom. The number of amides is 2. The highest BCUT2D eigenvalue weighted by molar-refractivity contribution is 5.93. The SMILES string of the molecule is CC[NH+](CC(=O)Nc1ccc(OC)cc1)CC(=O)Nc1ccc2c(c1)CCC2. The third-order valence-electron chi connectivity index (χ3n) is 5.08. The number of aryl methyl sites for hydroxylation is 2. The second kappa shape index (κ2) is 9.37. The van der Waals surface area contributed by atoms with E-state index in [0.29, 0.717) is 12.2 Å². The van der Waals surface area contributed by atoms with Crippen LogP contribution in [-0.2, 0) is 22.4 Å². The number of fused-ring (bicyclic) bond motifs is 1. The Labute approximate surface area is 165 Å². The fourth-order valence-electron chi connectivity index (χ4n) is 3.50. The minimum Gasteiger partial charge on any atom is -0.497 e. The van der Waals surface area contributed by atoms with Gasteiger partial charge in [-0.3, -0.25) is 9.59 Å². The summed E-state index contributed by atoms with van der Waals surface area (Å²) >= 11 is 0. The maximum Gasteiger partial charge on any atom is 0.279 e. The number of hydrogen-bond donors (Lipinski definition) is 3. The maximum atomic E-state index is 12.4. The van der Waals surface area contributed by atoms with Gasteiger partial charge in [0, 0.05) is 11.4 Å². The minimum absolute atomic E-state index is 0.0768. The number of carbonyl (C=O) groups is 2. The molecule has 1 aliphatic carbocycles. The molecule has 0 bridgehead atoms. The molecule has 3 N–H and O–H groups in total. The topological polar surface area (TPSA) is 71.9 Å². The van der Waals surface area contributed by atoms with E-state index in [9.17, 15) is 9.59 Å². The Kier molecular flexibility index (Phi) is 6.66. The lowest BCUT2D eigenvalue weighted by Crippen LogP contribution is -3.13. The lowest BCUT2D eigenvalue weighted by Gasteiger charge is -2.17. The van der Waals surface area contributed by atoms with Gasteiger partial charge in [-0.15, -0.1) is 0 Å². The van der Waals surface area contributed by atoms with Crippen molar-refractivity contribution >= 4 is 23.2 Å². The number of likely N-dealkylation sites (N-methyl/N-ethyl adjacent to an activating group) is 1. The molecule has 0 saturated heterocycles. The largest absolute Gasteiger partial charge is 0.497 e. The first kappa shape index (κ1) is 19.9. The van der Waals surface area contributed by atoms with Gasteiger partial charge in [0.1, 0.15) is 5.75 Å². The number of benzene rings is 2. The van der Waals surface area contributed by atoms with Crippen molar-refractivity contribution in [3.8, 4) is 5.75 Å². The molecular weight excluding hydrogens is 354 g/mol. The minimum atomic E-state index is -0.118. The molecule has 148 valence electrons. The van der Waals surface area contributed by atoms with Gasteiger partial charge in [-0.1, -0.05) is 6.07 Å². The predicted molar refractivity (Wildman–Crippen MR) is 110 cm³/mol. The van der Waals surface area contributed by atoms with E-state index >= 15 is 0 Å². The Morgan fingerprint density at radius 1 is 0.929 bits per heavy atom. The zero-order valence-corrected chi connectivity index (χ0v) is 16.5. The number of ether oxygens (including phenoxy) is 1. The smallest absolute Gasteiger partial charge is 0.279 e. The van der Waals surface area contributed by atoms with Crippen LogP contribution in [0, 0.1) is 0 Å². The van der Waals surface area contributed by atoms with Crippen LogP contribution < -0.4 is 20.3 Å². The molecule has 0 heterocycles. The Morgan fingerprint density at radius 2 is 1.54 bits per heavy atom. The maximum absolute atomic E-state index is 12.4. The van der Waals surface area contributed by atoms with E-state index in [0.717, 1.165) is 29.2 Å². The molecule has 1 aliphatic rings. The number of anilines is 2. The summed E-state index contributed by atoms with van der Waals surface area (Å²) in [6.07, 6.45) is 3.39. The number of quaternary nitrogens is 1. The fraction of sp³-hybridized carbons (Fsp3) is 0.364. The van der Waals surface area contributed by atoms with Crippen LogP contribution >= 0.6 is 0 Å². The van der Waals surface area contributed by atoms with Crippen LogP contribution in [0.3, 0.4) is 0 Å². The van der Waals surface area contributed by atoms with E-state index in [-0.39, 0.29) is 24.9 Å². The summed E-state index contributed by atoms with van der Waals surface area (Å²) in [4.78, 5) is 25.6. The zero-order chi connectivity index (χ0) is 19.9. The highest BCUT2D eigenvalue weighted by Crippen LogP contribution is 2.24. The number of carbonyl (C=O) groups excluding carboxylic acids is 2. The Bertz CT molecular complexity index is 833. The van der Waals surface area contributed by atoms with Gasteiger partial charge in [-0.05, 0) is 73.7 Å². The Hall–Kier alpha value is -2.86. The van der Waals surface area contributed by atoms with Crippen molar-refractivity contribution in [2.75, 3.05) is 37.4 Å². The van der Waals surface area contributed by atoms with Crippen molar-refractivity contribution in [3.63, 3.8) is 0 Å². The normalized spacial score (nSPS) is 13.5. The van der Waals surface area contributed by atoms with Crippen LogP contribution in [0.1, 0.15) is 24.5 Å². The monoisotopic (exact) mass is 382 g/mol. The van der Waals surface area contributed by atoms with E-state index in [1.54, 1.807) is 31.4 Å². The van der Waals surface area contributed by atoms with Gasteiger partial charge in [0.2, 0.25) is 0 Å². The first-order valence-corrected chi connectivity index (χ1v) is 9.76. The molecule has 0 radical (unpaired) electrons. The fourth-order valence-corrected chi connectivity index (χ4v) is 3.50. The molecule has 3 rings (SSSR count). The third-order valence-corrected chi connectivity index (χ3v) is 5.08. The van der Waals surface area contributed by atoms with Crippen LogP contribution in [0.25, 0.3) is 0 Å². The van der Waals surface area contributed by atoms with Crippen LogP contribution in [-0.4, -0.2) is 38.6 Å². The highest BCUT2D eigenvalue weighted by atomic mass is 16.5. The van der Waals surface area contributed by atoms with Gasteiger partial charge in [-0.2, -0.15) is 0 Å². The molecule has 0 saturated carbocycles. The first-order chi connectivity index (χ1) is 13.6. The van der Waals surface area contributed by atoms with Gasteiger partial charge in [0.25, 0.3) is 11.8 Å². The number of nitrogens with one attached hydrogen (secondary N) is 3.